The molecular weight excluding hydrogens is 332 g/mol. The Labute approximate surface area is 154 Å². The summed E-state index contributed by atoms with van der Waals surface area (Å²) in [4.78, 5) is 38.3. The average Bonchev–Trinajstić information content (AvgIpc) is 2.66. The summed E-state index contributed by atoms with van der Waals surface area (Å²) < 4.78 is 5.20. The van der Waals surface area contributed by atoms with Gasteiger partial charge in [0.1, 0.15) is 6.04 Å². The van der Waals surface area contributed by atoms with Crippen molar-refractivity contribution in [3.05, 3.63) is 35.9 Å². The Morgan fingerprint density at radius 1 is 1.23 bits per heavy atom. The first-order chi connectivity index (χ1) is 12.6. The van der Waals surface area contributed by atoms with Crippen molar-refractivity contribution in [3.63, 3.8) is 0 Å². The van der Waals surface area contributed by atoms with Gasteiger partial charge in [-0.25, -0.2) is 0 Å². The number of rotatable bonds is 9. The Bertz CT molecular complexity index is 603. The minimum Gasteiger partial charge on any atom is -0.466 e. The molecule has 1 aliphatic rings. The van der Waals surface area contributed by atoms with E-state index in [1.165, 1.54) is 4.90 Å². The number of hydrogen-bond donors (Lipinski definition) is 1. The first-order valence-corrected chi connectivity index (χ1v) is 9.38. The third-order valence-electron chi connectivity index (χ3n) is 4.49. The molecule has 0 radical (unpaired) electrons. The Hall–Kier alpha value is -2.37. The molecule has 1 heterocycles. The van der Waals surface area contributed by atoms with E-state index in [1.807, 2.05) is 30.3 Å². The molecule has 0 saturated carbocycles. The molecule has 1 fully saturated rings. The summed E-state index contributed by atoms with van der Waals surface area (Å²) in [5.74, 6) is -0.814. The third kappa shape index (κ3) is 6.17. The quantitative estimate of drug-likeness (QED) is 0.540. The fourth-order valence-electron chi connectivity index (χ4n) is 3.01. The van der Waals surface area contributed by atoms with E-state index >= 15 is 0 Å². The molecule has 2 rings (SSSR count). The predicted molar refractivity (Wildman–Crippen MR) is 98.4 cm³/mol. The maximum atomic E-state index is 12.6. The fraction of sp³-hybridized carbons (Fsp3) is 0.550. The van der Waals surface area contributed by atoms with Crippen molar-refractivity contribution in [2.24, 2.45) is 0 Å². The van der Waals surface area contributed by atoms with E-state index < -0.39 is 12.0 Å². The zero-order valence-corrected chi connectivity index (χ0v) is 15.4. The van der Waals surface area contributed by atoms with Gasteiger partial charge in [0, 0.05) is 19.5 Å². The predicted octanol–water partition coefficient (Wildman–Crippen LogP) is 2.07. The van der Waals surface area contributed by atoms with E-state index in [4.69, 9.17) is 4.74 Å². The van der Waals surface area contributed by atoms with Crippen LogP contribution >= 0.6 is 0 Å². The second kappa shape index (κ2) is 10.6. The number of amides is 2. The maximum Gasteiger partial charge on any atom is 0.308 e. The molecule has 142 valence electrons. The number of ether oxygens (including phenoxy) is 1. The lowest BCUT2D eigenvalue weighted by Crippen LogP contribution is -2.57. The van der Waals surface area contributed by atoms with E-state index in [0.717, 1.165) is 24.8 Å². The molecule has 0 bridgehead atoms. The molecule has 0 spiro atoms. The lowest BCUT2D eigenvalue weighted by molar-refractivity contribution is -0.152. The molecule has 1 unspecified atom stereocenters. The van der Waals surface area contributed by atoms with E-state index in [9.17, 15) is 14.4 Å². The number of carbonyl (C=O) groups is 3. The highest BCUT2D eigenvalue weighted by molar-refractivity contribution is 5.92. The van der Waals surface area contributed by atoms with Gasteiger partial charge in [-0.05, 0) is 18.4 Å². The van der Waals surface area contributed by atoms with Crippen LogP contribution in [0.5, 0.6) is 0 Å². The van der Waals surface area contributed by atoms with Crippen LogP contribution in [-0.2, 0) is 25.5 Å². The smallest absolute Gasteiger partial charge is 0.308 e. The van der Waals surface area contributed by atoms with Crippen LogP contribution in [0.3, 0.4) is 0 Å². The van der Waals surface area contributed by atoms with E-state index in [2.05, 4.69) is 12.2 Å². The molecule has 6 nitrogen and oxygen atoms in total. The van der Waals surface area contributed by atoms with E-state index in [-0.39, 0.29) is 18.2 Å². The van der Waals surface area contributed by atoms with Gasteiger partial charge in [0.05, 0.1) is 13.0 Å². The van der Waals surface area contributed by atoms with Crippen molar-refractivity contribution in [2.45, 2.75) is 51.5 Å². The molecule has 0 aromatic heterocycles. The minimum absolute atomic E-state index is 0.0883. The summed E-state index contributed by atoms with van der Waals surface area (Å²) in [5, 5.41) is 2.73. The Morgan fingerprint density at radius 2 is 2.00 bits per heavy atom. The molecule has 1 aromatic carbocycles. The second-order valence-electron chi connectivity index (χ2n) is 6.51. The van der Waals surface area contributed by atoms with Gasteiger partial charge >= 0.3 is 5.97 Å². The zero-order valence-electron chi connectivity index (χ0n) is 15.4. The molecular formula is C20H28N2O4. The van der Waals surface area contributed by atoms with Crippen molar-refractivity contribution in [1.29, 1.82) is 0 Å². The van der Waals surface area contributed by atoms with Crippen LogP contribution < -0.4 is 5.32 Å². The van der Waals surface area contributed by atoms with Crippen molar-refractivity contribution < 1.29 is 19.1 Å². The molecule has 6 heteroatoms. The Kier molecular flexibility index (Phi) is 8.12. The summed E-state index contributed by atoms with van der Waals surface area (Å²) in [7, 11) is 0. The first-order valence-electron chi connectivity index (χ1n) is 9.38. The number of piperazine rings is 1. The normalized spacial score (nSPS) is 16.9. The Morgan fingerprint density at radius 3 is 2.73 bits per heavy atom. The third-order valence-corrected chi connectivity index (χ3v) is 4.49. The van der Waals surface area contributed by atoms with Crippen LogP contribution in [0, 0.1) is 0 Å². The summed E-state index contributed by atoms with van der Waals surface area (Å²) in [5.41, 5.74) is 1.08. The summed E-state index contributed by atoms with van der Waals surface area (Å²) in [6.45, 7) is 3.28. The lowest BCUT2D eigenvalue weighted by Gasteiger charge is -2.34. The van der Waals surface area contributed by atoms with Gasteiger partial charge in [-0.3, -0.25) is 14.4 Å². The molecule has 26 heavy (non-hydrogen) atoms. The molecule has 1 aromatic rings. The average molecular weight is 360 g/mol. The van der Waals surface area contributed by atoms with Crippen LogP contribution in [0.15, 0.2) is 30.3 Å². The van der Waals surface area contributed by atoms with Crippen LogP contribution in [0.1, 0.15) is 44.6 Å². The number of unbranched alkanes of at least 4 members (excludes halogenated alkanes) is 2. The van der Waals surface area contributed by atoms with Crippen LogP contribution in [0.2, 0.25) is 0 Å². The van der Waals surface area contributed by atoms with Crippen LogP contribution in [-0.4, -0.2) is 48.4 Å². The van der Waals surface area contributed by atoms with Crippen molar-refractivity contribution >= 4 is 17.8 Å². The van der Waals surface area contributed by atoms with Crippen LogP contribution in [0.25, 0.3) is 0 Å². The van der Waals surface area contributed by atoms with Crippen molar-refractivity contribution in [1.82, 2.24) is 10.2 Å². The molecule has 1 N–H and O–H groups in total. The van der Waals surface area contributed by atoms with Gasteiger partial charge in [-0.15, -0.1) is 0 Å². The van der Waals surface area contributed by atoms with Crippen molar-refractivity contribution in [2.75, 3.05) is 19.7 Å². The van der Waals surface area contributed by atoms with Gasteiger partial charge in [0.2, 0.25) is 11.8 Å². The minimum atomic E-state index is -0.773. The number of esters is 1. The SMILES string of the molecule is CCCCCOC(=O)CC1C(=O)NCCN1C(=O)CCc1ccccc1. The standard InChI is InChI=1S/C20H28N2O4/c1-2-3-7-14-26-19(24)15-17-20(25)21-12-13-22(17)18(23)11-10-16-8-5-4-6-9-16/h4-6,8-9,17H,2-3,7,10-15H2,1H3,(H,21,25). The lowest BCUT2D eigenvalue weighted by atomic mass is 10.1. The zero-order chi connectivity index (χ0) is 18.8. The van der Waals surface area contributed by atoms with E-state index in [0.29, 0.717) is 32.5 Å². The van der Waals surface area contributed by atoms with Crippen LogP contribution in [0.4, 0.5) is 0 Å². The van der Waals surface area contributed by atoms with Gasteiger partial charge in [-0.2, -0.15) is 0 Å². The number of aryl methyl sites for hydroxylation is 1. The molecule has 2 amide bonds. The molecule has 1 saturated heterocycles. The highest BCUT2D eigenvalue weighted by atomic mass is 16.5. The summed E-state index contributed by atoms with van der Waals surface area (Å²) in [6, 6.07) is 8.98. The van der Waals surface area contributed by atoms with Crippen molar-refractivity contribution in [3.8, 4) is 0 Å². The summed E-state index contributed by atoms with van der Waals surface area (Å²) in [6.07, 6.45) is 3.72. The highest BCUT2D eigenvalue weighted by Crippen LogP contribution is 2.14. The van der Waals surface area contributed by atoms with Gasteiger partial charge in [0.25, 0.3) is 0 Å². The molecule has 0 aliphatic carbocycles. The molecule has 1 atom stereocenters. The molecule has 1 aliphatic heterocycles. The second-order valence-corrected chi connectivity index (χ2v) is 6.51. The number of nitrogens with one attached hydrogen (secondary N) is 1. The highest BCUT2D eigenvalue weighted by Gasteiger charge is 2.34. The monoisotopic (exact) mass is 360 g/mol. The number of hydrogen-bond acceptors (Lipinski definition) is 4. The van der Waals surface area contributed by atoms with Gasteiger partial charge < -0.3 is 15.0 Å². The Balaban J connectivity index is 1.88. The topological polar surface area (TPSA) is 75.7 Å². The maximum absolute atomic E-state index is 12.6. The van der Waals surface area contributed by atoms with Gasteiger partial charge in [-0.1, -0.05) is 50.1 Å². The van der Waals surface area contributed by atoms with E-state index in [1.54, 1.807) is 0 Å². The number of benzene rings is 1. The fourth-order valence-corrected chi connectivity index (χ4v) is 3.01. The summed E-state index contributed by atoms with van der Waals surface area (Å²) >= 11 is 0. The van der Waals surface area contributed by atoms with Gasteiger partial charge in [0.15, 0.2) is 0 Å². The largest absolute Gasteiger partial charge is 0.466 e. The number of nitrogens with zero attached hydrogens (tertiary/aromatic N) is 1. The first kappa shape index (κ1) is 19.9. The number of carbonyl (C=O) groups excluding carboxylic acids is 3.